The highest BCUT2D eigenvalue weighted by atomic mass is 14.6. The minimum atomic E-state index is 0.786. The second kappa shape index (κ2) is 6.41. The van der Waals surface area contributed by atoms with Gasteiger partial charge in [-0.25, -0.2) is 0 Å². The third kappa shape index (κ3) is 3.73. The molecule has 2 aliphatic carbocycles. The number of rotatable bonds is 6. The molecule has 18 heavy (non-hydrogen) atoms. The normalized spacial score (nSPS) is 36.0. The predicted octanol–water partition coefficient (Wildman–Crippen LogP) is 4.75. The second-order valence-corrected chi connectivity index (χ2v) is 7.62. The summed E-state index contributed by atoms with van der Waals surface area (Å²) in [7, 11) is 0. The standard InChI is InChI=1S/C17H33N/c1-14(2)4-3-5-15-6-9-17(10-7-15)12-16(13-17)8-11-18/h14-16H,3-13,18H2,1-2H3. The Labute approximate surface area is 114 Å². The van der Waals surface area contributed by atoms with Crippen LogP contribution in [0.5, 0.6) is 0 Å². The van der Waals surface area contributed by atoms with Gasteiger partial charge in [-0.1, -0.05) is 33.1 Å². The molecule has 0 aromatic heterocycles. The second-order valence-electron chi connectivity index (χ2n) is 7.62. The van der Waals surface area contributed by atoms with Crippen molar-refractivity contribution in [2.45, 2.75) is 78.1 Å². The van der Waals surface area contributed by atoms with Gasteiger partial charge in [0.1, 0.15) is 0 Å². The molecule has 2 saturated carbocycles. The molecule has 1 heteroatoms. The van der Waals surface area contributed by atoms with E-state index in [1.54, 1.807) is 0 Å². The van der Waals surface area contributed by atoms with Crippen molar-refractivity contribution >= 4 is 0 Å². The van der Waals surface area contributed by atoms with Crippen molar-refractivity contribution < 1.29 is 0 Å². The summed E-state index contributed by atoms with van der Waals surface area (Å²) in [5.41, 5.74) is 6.44. The SMILES string of the molecule is CC(C)CCCC1CCC2(CC1)CC(CCN)C2. The molecular formula is C17H33N. The third-order valence-corrected chi connectivity index (χ3v) is 5.58. The quantitative estimate of drug-likeness (QED) is 0.724. The van der Waals surface area contributed by atoms with Crippen molar-refractivity contribution in [3.05, 3.63) is 0 Å². The maximum atomic E-state index is 5.66. The van der Waals surface area contributed by atoms with Crippen LogP contribution >= 0.6 is 0 Å². The van der Waals surface area contributed by atoms with Gasteiger partial charge in [0.05, 0.1) is 0 Å². The molecule has 2 fully saturated rings. The van der Waals surface area contributed by atoms with Crippen molar-refractivity contribution in [3.63, 3.8) is 0 Å². The topological polar surface area (TPSA) is 26.0 Å². The fraction of sp³-hybridized carbons (Fsp3) is 1.00. The minimum absolute atomic E-state index is 0.786. The van der Waals surface area contributed by atoms with Crippen LogP contribution in [0.3, 0.4) is 0 Å². The first-order chi connectivity index (χ1) is 8.63. The summed E-state index contributed by atoms with van der Waals surface area (Å²) in [5, 5.41) is 0. The molecule has 1 spiro atoms. The van der Waals surface area contributed by atoms with E-state index in [1.807, 2.05) is 0 Å². The van der Waals surface area contributed by atoms with Crippen LogP contribution in [0.4, 0.5) is 0 Å². The van der Waals surface area contributed by atoms with Crippen molar-refractivity contribution in [1.29, 1.82) is 0 Å². The Bertz CT molecular complexity index is 230. The van der Waals surface area contributed by atoms with Gasteiger partial charge in [-0.15, -0.1) is 0 Å². The fourth-order valence-corrected chi connectivity index (χ4v) is 4.41. The molecule has 0 bridgehead atoms. The number of nitrogens with two attached hydrogens (primary N) is 1. The highest BCUT2D eigenvalue weighted by Crippen LogP contribution is 2.56. The van der Waals surface area contributed by atoms with Crippen molar-refractivity contribution in [2.24, 2.45) is 28.9 Å². The Hall–Kier alpha value is -0.0400. The van der Waals surface area contributed by atoms with Crippen LogP contribution in [0.25, 0.3) is 0 Å². The average molecular weight is 251 g/mol. The maximum Gasteiger partial charge on any atom is -0.00746 e. The highest BCUT2D eigenvalue weighted by Gasteiger charge is 2.45. The Balaban J connectivity index is 1.60. The number of hydrogen-bond donors (Lipinski definition) is 1. The first kappa shape index (κ1) is 14.4. The van der Waals surface area contributed by atoms with Crippen LogP contribution in [0.1, 0.15) is 78.1 Å². The molecule has 1 nitrogen and oxygen atoms in total. The minimum Gasteiger partial charge on any atom is -0.330 e. The summed E-state index contributed by atoms with van der Waals surface area (Å²) >= 11 is 0. The van der Waals surface area contributed by atoms with Gasteiger partial charge in [0.15, 0.2) is 0 Å². The summed E-state index contributed by atoms with van der Waals surface area (Å²) in [6.45, 7) is 5.60. The van der Waals surface area contributed by atoms with Crippen LogP contribution in [0.15, 0.2) is 0 Å². The molecule has 0 amide bonds. The fourth-order valence-electron chi connectivity index (χ4n) is 4.41. The third-order valence-electron chi connectivity index (χ3n) is 5.58. The van der Waals surface area contributed by atoms with Crippen molar-refractivity contribution in [2.75, 3.05) is 6.54 Å². The van der Waals surface area contributed by atoms with E-state index in [1.165, 1.54) is 64.2 Å². The zero-order chi connectivity index (χ0) is 13.0. The van der Waals surface area contributed by atoms with E-state index in [2.05, 4.69) is 13.8 Å². The molecule has 0 aliphatic heterocycles. The Morgan fingerprint density at radius 3 is 2.28 bits per heavy atom. The van der Waals surface area contributed by atoms with Crippen molar-refractivity contribution in [3.8, 4) is 0 Å². The van der Waals surface area contributed by atoms with Crippen LogP contribution in [-0.4, -0.2) is 6.54 Å². The molecule has 0 saturated heterocycles. The summed E-state index contributed by atoms with van der Waals surface area (Å²) in [4.78, 5) is 0. The van der Waals surface area contributed by atoms with E-state index >= 15 is 0 Å². The van der Waals surface area contributed by atoms with Crippen LogP contribution < -0.4 is 5.73 Å². The van der Waals surface area contributed by atoms with Gasteiger partial charge in [-0.3, -0.25) is 0 Å². The van der Waals surface area contributed by atoms with Gasteiger partial charge in [0.2, 0.25) is 0 Å². The molecule has 106 valence electrons. The van der Waals surface area contributed by atoms with Gasteiger partial charge in [0.25, 0.3) is 0 Å². The summed E-state index contributed by atoms with van der Waals surface area (Å²) in [6, 6.07) is 0. The Kier molecular flexibility index (Phi) is 5.12. The lowest BCUT2D eigenvalue weighted by Gasteiger charge is -2.52. The van der Waals surface area contributed by atoms with Crippen LogP contribution in [-0.2, 0) is 0 Å². The van der Waals surface area contributed by atoms with Gasteiger partial charge in [0, 0.05) is 0 Å². The van der Waals surface area contributed by atoms with E-state index in [-0.39, 0.29) is 0 Å². The summed E-state index contributed by atoms with van der Waals surface area (Å²) in [6.07, 6.45) is 14.8. The smallest absolute Gasteiger partial charge is 0.00746 e. The Morgan fingerprint density at radius 1 is 1.06 bits per heavy atom. The van der Waals surface area contributed by atoms with E-state index in [9.17, 15) is 0 Å². The number of hydrogen-bond acceptors (Lipinski definition) is 1. The first-order valence-electron chi connectivity index (χ1n) is 8.33. The van der Waals surface area contributed by atoms with Gasteiger partial charge < -0.3 is 5.73 Å². The average Bonchev–Trinajstić information content (AvgIpc) is 2.29. The van der Waals surface area contributed by atoms with E-state index < -0.39 is 0 Å². The van der Waals surface area contributed by atoms with Gasteiger partial charge in [-0.2, -0.15) is 0 Å². The van der Waals surface area contributed by atoms with Gasteiger partial charge >= 0.3 is 0 Å². The van der Waals surface area contributed by atoms with E-state index in [0.29, 0.717) is 0 Å². The van der Waals surface area contributed by atoms with Crippen LogP contribution in [0.2, 0.25) is 0 Å². The summed E-state index contributed by atoms with van der Waals surface area (Å²) < 4.78 is 0. The zero-order valence-corrected chi connectivity index (χ0v) is 12.6. The molecule has 0 heterocycles. The molecule has 0 aromatic carbocycles. The maximum absolute atomic E-state index is 5.66. The van der Waals surface area contributed by atoms with Crippen LogP contribution in [0, 0.1) is 23.2 Å². The first-order valence-corrected chi connectivity index (χ1v) is 8.33. The molecular weight excluding hydrogens is 218 g/mol. The molecule has 2 N–H and O–H groups in total. The molecule has 0 atom stereocenters. The molecule has 0 radical (unpaired) electrons. The Morgan fingerprint density at radius 2 is 1.72 bits per heavy atom. The molecule has 2 aliphatic rings. The summed E-state index contributed by atoms with van der Waals surface area (Å²) in [5.74, 6) is 2.93. The van der Waals surface area contributed by atoms with Crippen molar-refractivity contribution in [1.82, 2.24) is 0 Å². The lowest BCUT2D eigenvalue weighted by Crippen LogP contribution is -2.41. The molecule has 0 unspecified atom stereocenters. The monoisotopic (exact) mass is 251 g/mol. The molecule has 0 aromatic rings. The van der Waals surface area contributed by atoms with Gasteiger partial charge in [-0.05, 0) is 74.7 Å². The lowest BCUT2D eigenvalue weighted by molar-refractivity contribution is -0.00363. The predicted molar refractivity (Wildman–Crippen MR) is 79.5 cm³/mol. The molecule has 2 rings (SSSR count). The van der Waals surface area contributed by atoms with E-state index in [0.717, 1.165) is 29.7 Å². The zero-order valence-electron chi connectivity index (χ0n) is 12.6. The highest BCUT2D eigenvalue weighted by molar-refractivity contribution is 4.96. The largest absolute Gasteiger partial charge is 0.330 e. The lowest BCUT2D eigenvalue weighted by atomic mass is 9.54. The van der Waals surface area contributed by atoms with E-state index in [4.69, 9.17) is 5.73 Å².